The van der Waals surface area contributed by atoms with Crippen LogP contribution in [0.5, 0.6) is 0 Å². The molecule has 1 saturated heterocycles. The molecule has 140 valence electrons. The van der Waals surface area contributed by atoms with Crippen LogP contribution >= 0.6 is 11.6 Å². The number of pyridine rings is 1. The molecule has 5 nitrogen and oxygen atoms in total. The topological polar surface area (TPSA) is 53.5 Å². The van der Waals surface area contributed by atoms with Gasteiger partial charge in [-0.25, -0.2) is 8.42 Å². The Bertz CT molecular complexity index is 1090. The first-order valence-corrected chi connectivity index (χ1v) is 10.6. The summed E-state index contributed by atoms with van der Waals surface area (Å²) in [5.41, 5.74) is 1.86. The van der Waals surface area contributed by atoms with E-state index in [0.717, 1.165) is 42.8 Å². The van der Waals surface area contributed by atoms with E-state index in [1.54, 1.807) is 24.3 Å². The first kappa shape index (κ1) is 18.2. The monoisotopic (exact) mass is 401 g/mol. The summed E-state index contributed by atoms with van der Waals surface area (Å²) in [5, 5.41) is 1.02. The van der Waals surface area contributed by atoms with Crippen LogP contribution in [0.15, 0.2) is 64.5 Å². The van der Waals surface area contributed by atoms with Crippen LogP contribution in [0.25, 0.3) is 10.9 Å². The Kier molecular flexibility index (Phi) is 4.80. The van der Waals surface area contributed by atoms with E-state index in [2.05, 4.69) is 21.8 Å². The minimum absolute atomic E-state index is 0.100. The van der Waals surface area contributed by atoms with Crippen molar-refractivity contribution in [2.75, 3.05) is 38.1 Å². The lowest BCUT2D eigenvalue weighted by Crippen LogP contribution is -2.44. The van der Waals surface area contributed by atoms with Gasteiger partial charge in [0.2, 0.25) is 9.84 Å². The number of piperazine rings is 1. The van der Waals surface area contributed by atoms with Gasteiger partial charge >= 0.3 is 0 Å². The first-order chi connectivity index (χ1) is 13.0. The number of sulfone groups is 1. The third kappa shape index (κ3) is 3.40. The van der Waals surface area contributed by atoms with Crippen LogP contribution < -0.4 is 4.90 Å². The summed E-state index contributed by atoms with van der Waals surface area (Å²) in [6, 6.07) is 14.0. The zero-order valence-electron chi connectivity index (χ0n) is 15.0. The maximum absolute atomic E-state index is 13.0. The first-order valence-electron chi connectivity index (χ1n) is 8.79. The number of rotatable bonds is 3. The van der Waals surface area contributed by atoms with Gasteiger partial charge in [-0.15, -0.1) is 0 Å². The van der Waals surface area contributed by atoms with Gasteiger partial charge in [0, 0.05) is 37.8 Å². The zero-order chi connectivity index (χ0) is 19.0. The lowest BCUT2D eigenvalue weighted by atomic mass is 10.1. The maximum atomic E-state index is 13.0. The molecule has 0 atom stereocenters. The van der Waals surface area contributed by atoms with Gasteiger partial charge in [0.05, 0.1) is 26.0 Å². The SMILES string of the molecule is CN1CCN(c2cccc3cc(S(=O)(=O)c4ccccc4Cl)cnc23)CC1. The summed E-state index contributed by atoms with van der Waals surface area (Å²) in [7, 11) is -1.61. The van der Waals surface area contributed by atoms with Crippen molar-refractivity contribution >= 4 is 38.0 Å². The maximum Gasteiger partial charge on any atom is 0.209 e. The van der Waals surface area contributed by atoms with E-state index in [4.69, 9.17) is 11.6 Å². The lowest BCUT2D eigenvalue weighted by Gasteiger charge is -2.34. The molecule has 0 N–H and O–H groups in total. The highest BCUT2D eigenvalue weighted by molar-refractivity contribution is 7.91. The van der Waals surface area contributed by atoms with Crippen molar-refractivity contribution in [2.24, 2.45) is 0 Å². The van der Waals surface area contributed by atoms with Gasteiger partial charge in [0.15, 0.2) is 0 Å². The zero-order valence-corrected chi connectivity index (χ0v) is 16.5. The lowest BCUT2D eigenvalue weighted by molar-refractivity contribution is 0.313. The Hall–Kier alpha value is -2.15. The van der Waals surface area contributed by atoms with Gasteiger partial charge in [0.1, 0.15) is 0 Å². The van der Waals surface area contributed by atoms with E-state index in [9.17, 15) is 8.42 Å². The number of hydrogen-bond donors (Lipinski definition) is 0. The average Bonchev–Trinajstić information content (AvgIpc) is 2.68. The molecule has 1 aliphatic rings. The summed E-state index contributed by atoms with van der Waals surface area (Å²) in [5.74, 6) is 0. The average molecular weight is 402 g/mol. The highest BCUT2D eigenvalue weighted by atomic mass is 35.5. The Morgan fingerprint density at radius 2 is 1.74 bits per heavy atom. The van der Waals surface area contributed by atoms with E-state index in [1.807, 2.05) is 18.2 Å². The number of anilines is 1. The molecule has 0 unspecified atom stereocenters. The van der Waals surface area contributed by atoms with Crippen molar-refractivity contribution in [3.8, 4) is 0 Å². The number of benzene rings is 2. The molecule has 1 aliphatic heterocycles. The van der Waals surface area contributed by atoms with Crippen molar-refractivity contribution in [1.29, 1.82) is 0 Å². The van der Waals surface area contributed by atoms with Gasteiger partial charge in [-0.3, -0.25) is 4.98 Å². The van der Waals surface area contributed by atoms with Gasteiger partial charge < -0.3 is 9.80 Å². The highest BCUT2D eigenvalue weighted by Gasteiger charge is 2.22. The number of hydrogen-bond acceptors (Lipinski definition) is 5. The Morgan fingerprint density at radius 3 is 2.48 bits per heavy atom. The summed E-state index contributed by atoms with van der Waals surface area (Å²) in [4.78, 5) is 9.37. The number of halogens is 1. The van der Waals surface area contributed by atoms with Gasteiger partial charge in [0.25, 0.3) is 0 Å². The van der Waals surface area contributed by atoms with Crippen LogP contribution in [0.3, 0.4) is 0 Å². The largest absolute Gasteiger partial charge is 0.367 e. The van der Waals surface area contributed by atoms with E-state index in [1.165, 1.54) is 12.3 Å². The molecule has 0 saturated carbocycles. The van der Waals surface area contributed by atoms with Crippen molar-refractivity contribution in [1.82, 2.24) is 9.88 Å². The predicted molar refractivity (Wildman–Crippen MR) is 108 cm³/mol. The van der Waals surface area contributed by atoms with Crippen LogP contribution in [0, 0.1) is 0 Å². The molecule has 1 fully saturated rings. The van der Waals surface area contributed by atoms with Crippen molar-refractivity contribution in [2.45, 2.75) is 9.79 Å². The molecular formula is C20H20ClN3O2S. The molecular weight excluding hydrogens is 382 g/mol. The van der Waals surface area contributed by atoms with Crippen molar-refractivity contribution in [3.05, 3.63) is 59.8 Å². The molecule has 7 heteroatoms. The molecule has 2 heterocycles. The van der Waals surface area contributed by atoms with Crippen LogP contribution in [0.1, 0.15) is 0 Å². The second kappa shape index (κ2) is 7.11. The van der Waals surface area contributed by atoms with Crippen molar-refractivity contribution in [3.63, 3.8) is 0 Å². The molecule has 27 heavy (non-hydrogen) atoms. The summed E-state index contributed by atoms with van der Waals surface area (Å²) < 4.78 is 26.0. The number of para-hydroxylation sites is 1. The molecule has 0 amide bonds. The van der Waals surface area contributed by atoms with Gasteiger partial charge in [-0.2, -0.15) is 0 Å². The van der Waals surface area contributed by atoms with E-state index in [0.29, 0.717) is 0 Å². The minimum atomic E-state index is -3.72. The fraction of sp³-hybridized carbons (Fsp3) is 0.250. The second-order valence-electron chi connectivity index (χ2n) is 6.74. The smallest absolute Gasteiger partial charge is 0.209 e. The van der Waals surface area contributed by atoms with Crippen LogP contribution in [0.4, 0.5) is 5.69 Å². The fourth-order valence-electron chi connectivity index (χ4n) is 3.36. The van der Waals surface area contributed by atoms with Crippen LogP contribution in [-0.4, -0.2) is 51.5 Å². The van der Waals surface area contributed by atoms with E-state index in [-0.39, 0.29) is 14.8 Å². The number of fused-ring (bicyclic) bond motifs is 1. The molecule has 2 aromatic carbocycles. The standard InChI is InChI=1S/C20H20ClN3O2S/c1-23-9-11-24(12-10-23)18-7-4-5-15-13-16(14-22-20(15)18)27(25,26)19-8-3-2-6-17(19)21/h2-8,13-14H,9-12H2,1H3. The Morgan fingerprint density at radius 1 is 1.00 bits per heavy atom. The highest BCUT2D eigenvalue weighted by Crippen LogP contribution is 2.31. The summed E-state index contributed by atoms with van der Waals surface area (Å²) in [6.07, 6.45) is 1.43. The van der Waals surface area contributed by atoms with Gasteiger partial charge in [-0.05, 0) is 31.3 Å². The Labute approximate surface area is 164 Å². The number of aromatic nitrogens is 1. The van der Waals surface area contributed by atoms with E-state index >= 15 is 0 Å². The molecule has 0 radical (unpaired) electrons. The van der Waals surface area contributed by atoms with Crippen LogP contribution in [-0.2, 0) is 9.84 Å². The normalized spacial score (nSPS) is 16.0. The molecule has 0 aliphatic carbocycles. The molecule has 0 bridgehead atoms. The summed E-state index contributed by atoms with van der Waals surface area (Å²) in [6.45, 7) is 3.85. The van der Waals surface area contributed by atoms with Crippen LogP contribution in [0.2, 0.25) is 5.02 Å². The van der Waals surface area contributed by atoms with E-state index < -0.39 is 9.84 Å². The predicted octanol–water partition coefficient (Wildman–Crippen LogP) is 3.47. The summed E-state index contributed by atoms with van der Waals surface area (Å²) >= 11 is 6.11. The van der Waals surface area contributed by atoms with Crippen molar-refractivity contribution < 1.29 is 8.42 Å². The van der Waals surface area contributed by atoms with Gasteiger partial charge in [-0.1, -0.05) is 35.9 Å². The fourth-order valence-corrected chi connectivity index (χ4v) is 5.11. The second-order valence-corrected chi connectivity index (χ2v) is 9.07. The third-order valence-electron chi connectivity index (χ3n) is 4.95. The molecule has 4 rings (SSSR count). The number of likely N-dealkylation sites (N-methyl/N-ethyl adjacent to an activating group) is 1. The molecule has 0 spiro atoms. The third-order valence-corrected chi connectivity index (χ3v) is 7.17. The molecule has 1 aromatic heterocycles. The quantitative estimate of drug-likeness (QED) is 0.672. The minimum Gasteiger partial charge on any atom is -0.367 e. The molecule has 3 aromatic rings. The Balaban J connectivity index is 1.77. The number of nitrogens with zero attached hydrogens (tertiary/aromatic N) is 3.